The second-order valence-corrected chi connectivity index (χ2v) is 5.18. The van der Waals surface area contributed by atoms with Crippen LogP contribution in [0.3, 0.4) is 0 Å². The fourth-order valence-electron chi connectivity index (χ4n) is 1.32. The Morgan fingerprint density at radius 2 is 2.40 bits per heavy atom. The van der Waals surface area contributed by atoms with E-state index in [-0.39, 0.29) is 6.54 Å². The van der Waals surface area contributed by atoms with E-state index in [2.05, 4.69) is 16.3 Å². The minimum atomic E-state index is -3.39. The molecular formula is C9H12N2O3S. The average Bonchev–Trinajstić information content (AvgIpc) is 2.95. The fraction of sp³-hybridized carbons (Fsp3) is 0.444. The first-order chi connectivity index (χ1) is 7.12. The molecule has 0 saturated heterocycles. The van der Waals surface area contributed by atoms with Gasteiger partial charge in [-0.05, 0) is 12.8 Å². The average molecular weight is 228 g/mol. The second kappa shape index (κ2) is 3.79. The highest BCUT2D eigenvalue weighted by Crippen LogP contribution is 2.41. The third kappa shape index (κ3) is 2.45. The Bertz CT molecular complexity index is 459. The maximum Gasteiger partial charge on any atom is 0.233 e. The minimum absolute atomic E-state index is 0.163. The monoisotopic (exact) mass is 228 g/mol. The third-order valence-electron chi connectivity index (χ3n) is 2.28. The number of oxazole rings is 1. The van der Waals surface area contributed by atoms with Gasteiger partial charge in [-0.3, -0.25) is 0 Å². The van der Waals surface area contributed by atoms with Crippen LogP contribution in [0.25, 0.3) is 0 Å². The zero-order valence-electron chi connectivity index (χ0n) is 8.14. The minimum Gasteiger partial charge on any atom is -0.448 e. The summed E-state index contributed by atoms with van der Waals surface area (Å²) in [6, 6.07) is 0. The van der Waals surface area contributed by atoms with Gasteiger partial charge < -0.3 is 4.42 Å². The van der Waals surface area contributed by atoms with Crippen molar-refractivity contribution in [2.75, 3.05) is 0 Å². The first-order valence-electron chi connectivity index (χ1n) is 4.67. The van der Waals surface area contributed by atoms with Crippen molar-refractivity contribution in [1.29, 1.82) is 0 Å². The Morgan fingerprint density at radius 1 is 1.67 bits per heavy atom. The summed E-state index contributed by atoms with van der Waals surface area (Å²) in [5.41, 5.74) is 0.669. The number of sulfonamides is 1. The van der Waals surface area contributed by atoms with Gasteiger partial charge in [-0.2, -0.15) is 0 Å². The highest BCUT2D eigenvalue weighted by atomic mass is 32.2. The van der Waals surface area contributed by atoms with Gasteiger partial charge in [0.15, 0.2) is 6.39 Å². The summed E-state index contributed by atoms with van der Waals surface area (Å²) in [6.45, 7) is 3.37. The van der Waals surface area contributed by atoms with Crippen LogP contribution < -0.4 is 4.72 Å². The lowest BCUT2D eigenvalue weighted by Gasteiger charge is -2.00. The van der Waals surface area contributed by atoms with Gasteiger partial charge in [-0.15, -0.1) is 0 Å². The molecule has 5 nitrogen and oxygen atoms in total. The standard InChI is InChI=1S/C9H12N2O3S/c1-2-15(12,13)11-5-8-9(7-3-4-7)14-6-10-8/h2,6-7,11H,1,3-5H2. The van der Waals surface area contributed by atoms with Gasteiger partial charge >= 0.3 is 0 Å². The van der Waals surface area contributed by atoms with Crippen LogP contribution in [0.4, 0.5) is 0 Å². The molecule has 1 aromatic heterocycles. The van der Waals surface area contributed by atoms with E-state index in [1.807, 2.05) is 0 Å². The highest BCUT2D eigenvalue weighted by Gasteiger charge is 2.30. The molecule has 2 rings (SSSR count). The van der Waals surface area contributed by atoms with E-state index >= 15 is 0 Å². The van der Waals surface area contributed by atoms with Gasteiger partial charge in [0, 0.05) is 11.3 Å². The zero-order valence-corrected chi connectivity index (χ0v) is 8.96. The Balaban J connectivity index is 2.04. The molecule has 6 heteroatoms. The molecule has 1 aromatic rings. The van der Waals surface area contributed by atoms with E-state index in [9.17, 15) is 8.42 Å². The third-order valence-corrected chi connectivity index (χ3v) is 3.27. The number of nitrogens with zero attached hydrogens (tertiary/aromatic N) is 1. The number of rotatable bonds is 5. The van der Waals surface area contributed by atoms with Crippen LogP contribution in [-0.2, 0) is 16.6 Å². The molecule has 0 bridgehead atoms. The van der Waals surface area contributed by atoms with Gasteiger partial charge in [-0.25, -0.2) is 18.1 Å². The molecule has 1 fully saturated rings. The summed E-state index contributed by atoms with van der Waals surface area (Å²) in [5.74, 6) is 1.23. The van der Waals surface area contributed by atoms with Crippen molar-refractivity contribution in [2.24, 2.45) is 0 Å². The molecule has 1 aliphatic carbocycles. The smallest absolute Gasteiger partial charge is 0.233 e. The highest BCUT2D eigenvalue weighted by molar-refractivity contribution is 7.92. The van der Waals surface area contributed by atoms with E-state index in [0.717, 1.165) is 24.0 Å². The first-order valence-corrected chi connectivity index (χ1v) is 6.21. The molecular weight excluding hydrogens is 216 g/mol. The second-order valence-electron chi connectivity index (χ2n) is 3.47. The fourth-order valence-corrected chi connectivity index (χ4v) is 1.77. The largest absolute Gasteiger partial charge is 0.448 e. The van der Waals surface area contributed by atoms with E-state index in [4.69, 9.17) is 4.42 Å². The van der Waals surface area contributed by atoms with Crippen molar-refractivity contribution < 1.29 is 12.8 Å². The zero-order chi connectivity index (χ0) is 10.9. The maximum absolute atomic E-state index is 11.1. The summed E-state index contributed by atoms with van der Waals surface area (Å²) >= 11 is 0. The lowest BCUT2D eigenvalue weighted by atomic mass is 10.2. The number of nitrogens with one attached hydrogen (secondary N) is 1. The summed E-state index contributed by atoms with van der Waals surface area (Å²) in [5, 5.41) is 0.879. The van der Waals surface area contributed by atoms with Crippen molar-refractivity contribution >= 4 is 10.0 Å². The quantitative estimate of drug-likeness (QED) is 0.819. The van der Waals surface area contributed by atoms with Gasteiger partial charge in [-0.1, -0.05) is 6.58 Å². The van der Waals surface area contributed by atoms with Crippen molar-refractivity contribution in [3.63, 3.8) is 0 Å². The number of hydrogen-bond donors (Lipinski definition) is 1. The summed E-state index contributed by atoms with van der Waals surface area (Å²) in [7, 11) is -3.39. The van der Waals surface area contributed by atoms with Crippen LogP contribution in [0.1, 0.15) is 30.2 Å². The lowest BCUT2D eigenvalue weighted by molar-refractivity contribution is 0.502. The molecule has 1 saturated carbocycles. The van der Waals surface area contributed by atoms with Crippen LogP contribution >= 0.6 is 0 Å². The first kappa shape index (κ1) is 10.4. The van der Waals surface area contributed by atoms with Crippen LogP contribution in [0, 0.1) is 0 Å². The van der Waals surface area contributed by atoms with E-state index in [1.165, 1.54) is 6.39 Å². The van der Waals surface area contributed by atoms with E-state index in [0.29, 0.717) is 11.6 Å². The van der Waals surface area contributed by atoms with E-state index in [1.54, 1.807) is 0 Å². The predicted octanol–water partition coefficient (Wildman–Crippen LogP) is 1.11. The SMILES string of the molecule is C=CS(=O)(=O)NCc1ncoc1C1CC1. The normalized spacial score (nSPS) is 16.5. The molecule has 82 valence electrons. The molecule has 0 aromatic carbocycles. The maximum atomic E-state index is 11.1. The molecule has 0 radical (unpaired) electrons. The number of aromatic nitrogens is 1. The summed E-state index contributed by atoms with van der Waals surface area (Å²) in [4.78, 5) is 3.99. The summed E-state index contributed by atoms with van der Waals surface area (Å²) in [6.07, 6.45) is 3.54. The van der Waals surface area contributed by atoms with Crippen molar-refractivity contribution in [2.45, 2.75) is 25.3 Å². The molecule has 1 aliphatic rings. The Kier molecular flexibility index (Phi) is 2.62. The predicted molar refractivity (Wildman–Crippen MR) is 54.4 cm³/mol. The van der Waals surface area contributed by atoms with Crippen LogP contribution in [-0.4, -0.2) is 13.4 Å². The topological polar surface area (TPSA) is 72.2 Å². The summed E-state index contributed by atoms with van der Waals surface area (Å²) < 4.78 is 29.8. The van der Waals surface area contributed by atoms with Gasteiger partial charge in [0.1, 0.15) is 5.76 Å². The Labute approximate surface area is 88.3 Å². The Morgan fingerprint density at radius 3 is 3.00 bits per heavy atom. The number of hydrogen-bond acceptors (Lipinski definition) is 4. The molecule has 1 N–H and O–H groups in total. The molecule has 0 amide bonds. The van der Waals surface area contributed by atoms with Gasteiger partial charge in [0.2, 0.25) is 10.0 Å². The van der Waals surface area contributed by atoms with Crippen molar-refractivity contribution in [1.82, 2.24) is 9.71 Å². The molecule has 15 heavy (non-hydrogen) atoms. The molecule has 0 atom stereocenters. The van der Waals surface area contributed by atoms with Crippen molar-refractivity contribution in [3.05, 3.63) is 29.8 Å². The molecule has 0 spiro atoms. The van der Waals surface area contributed by atoms with Crippen molar-refractivity contribution in [3.8, 4) is 0 Å². The van der Waals surface area contributed by atoms with Crippen LogP contribution in [0.15, 0.2) is 22.8 Å². The Hall–Kier alpha value is -1.14. The van der Waals surface area contributed by atoms with Gasteiger partial charge in [0.25, 0.3) is 0 Å². The molecule has 0 aliphatic heterocycles. The van der Waals surface area contributed by atoms with Gasteiger partial charge in [0.05, 0.1) is 12.2 Å². The lowest BCUT2D eigenvalue weighted by Crippen LogP contribution is -2.21. The van der Waals surface area contributed by atoms with Crippen LogP contribution in [0.5, 0.6) is 0 Å². The van der Waals surface area contributed by atoms with Crippen LogP contribution in [0.2, 0.25) is 0 Å². The van der Waals surface area contributed by atoms with E-state index < -0.39 is 10.0 Å². The molecule has 0 unspecified atom stereocenters. The molecule has 1 heterocycles.